The molecule has 5 unspecified atom stereocenters. The molecular formula is C14H28N2O4S. The average molecular weight is 320 g/mol. The van der Waals surface area contributed by atoms with Crippen LogP contribution in [0.25, 0.3) is 0 Å². The van der Waals surface area contributed by atoms with E-state index in [1.165, 1.54) is 0 Å². The summed E-state index contributed by atoms with van der Waals surface area (Å²) in [6, 6.07) is -1.80. The number of nitrogens with two attached hydrogens (primary N) is 2. The Kier molecular flexibility index (Phi) is 7.70. The number of carbonyl (C=O) groups is 2. The van der Waals surface area contributed by atoms with Gasteiger partial charge in [0, 0.05) is 5.25 Å². The van der Waals surface area contributed by atoms with Gasteiger partial charge in [-0.25, -0.2) is 0 Å². The maximum Gasteiger partial charge on any atom is 0.320 e. The molecule has 6 nitrogen and oxygen atoms in total. The van der Waals surface area contributed by atoms with Crippen molar-refractivity contribution < 1.29 is 19.8 Å². The van der Waals surface area contributed by atoms with E-state index in [9.17, 15) is 9.59 Å². The number of carboxylic acid groups (broad SMARTS) is 2. The summed E-state index contributed by atoms with van der Waals surface area (Å²) >= 11 is 1.60. The lowest BCUT2D eigenvalue weighted by molar-refractivity contribution is -0.141. The first-order valence-electron chi connectivity index (χ1n) is 7.00. The molecule has 0 saturated heterocycles. The molecule has 124 valence electrons. The molecule has 0 aromatic heterocycles. The van der Waals surface area contributed by atoms with Crippen LogP contribution in [0.2, 0.25) is 0 Å². The van der Waals surface area contributed by atoms with E-state index in [0.29, 0.717) is 5.75 Å². The highest BCUT2D eigenvalue weighted by molar-refractivity contribution is 7.99. The molecule has 0 fully saturated rings. The molecule has 0 aliphatic heterocycles. The second-order valence-corrected chi connectivity index (χ2v) is 7.75. The van der Waals surface area contributed by atoms with Crippen LogP contribution >= 0.6 is 11.8 Å². The number of carboxylic acids is 2. The van der Waals surface area contributed by atoms with Crippen LogP contribution in [0, 0.1) is 17.3 Å². The van der Waals surface area contributed by atoms with Crippen molar-refractivity contribution in [3.05, 3.63) is 0 Å². The van der Waals surface area contributed by atoms with Gasteiger partial charge in [-0.3, -0.25) is 9.59 Å². The van der Waals surface area contributed by atoms with Crippen molar-refractivity contribution in [3.63, 3.8) is 0 Å². The second kappa shape index (κ2) is 8.00. The minimum absolute atomic E-state index is 0.0589. The van der Waals surface area contributed by atoms with Crippen molar-refractivity contribution in [2.45, 2.75) is 52.0 Å². The van der Waals surface area contributed by atoms with E-state index in [4.69, 9.17) is 21.7 Å². The minimum Gasteiger partial charge on any atom is -0.480 e. The molecule has 7 heteroatoms. The summed E-state index contributed by atoms with van der Waals surface area (Å²) in [5.41, 5.74) is 11.1. The van der Waals surface area contributed by atoms with Crippen LogP contribution in [0.4, 0.5) is 0 Å². The first kappa shape index (κ1) is 20.2. The first-order chi connectivity index (χ1) is 9.41. The van der Waals surface area contributed by atoms with Crippen LogP contribution < -0.4 is 11.5 Å². The number of hydrogen-bond acceptors (Lipinski definition) is 5. The largest absolute Gasteiger partial charge is 0.480 e. The Morgan fingerprint density at radius 2 is 1.48 bits per heavy atom. The quantitative estimate of drug-likeness (QED) is 0.503. The van der Waals surface area contributed by atoms with Crippen molar-refractivity contribution in [1.29, 1.82) is 0 Å². The fraction of sp³-hybridized carbons (Fsp3) is 0.857. The van der Waals surface area contributed by atoms with E-state index >= 15 is 0 Å². The summed E-state index contributed by atoms with van der Waals surface area (Å²) in [6.07, 6.45) is 0. The molecule has 0 heterocycles. The average Bonchev–Trinajstić information content (AvgIpc) is 2.40. The molecule has 0 aliphatic rings. The summed E-state index contributed by atoms with van der Waals surface area (Å²) in [5, 5.41) is 18.0. The molecule has 0 aromatic rings. The monoisotopic (exact) mass is 320 g/mol. The molecule has 5 atom stereocenters. The van der Waals surface area contributed by atoms with Gasteiger partial charge in [0.15, 0.2) is 0 Å². The maximum atomic E-state index is 11.0. The standard InChI is InChI=1S/C14H28N2O4S/c1-7(10(15)12(17)18)9(3)21-6-14(4,5)8(2)11(16)13(19)20/h7-11H,6,15-16H2,1-5H3,(H,17,18)(H,19,20). The van der Waals surface area contributed by atoms with Crippen LogP contribution in [0.5, 0.6) is 0 Å². The topological polar surface area (TPSA) is 127 Å². The summed E-state index contributed by atoms with van der Waals surface area (Å²) in [7, 11) is 0. The fourth-order valence-electron chi connectivity index (χ4n) is 1.85. The Labute approximate surface area is 130 Å². The van der Waals surface area contributed by atoms with Gasteiger partial charge in [-0.1, -0.05) is 34.6 Å². The van der Waals surface area contributed by atoms with Crippen molar-refractivity contribution in [2.24, 2.45) is 28.7 Å². The third-order valence-corrected chi connectivity index (χ3v) is 6.23. The fourth-order valence-corrected chi connectivity index (χ4v) is 3.27. The Hall–Kier alpha value is -0.790. The van der Waals surface area contributed by atoms with E-state index in [1.807, 2.05) is 34.6 Å². The van der Waals surface area contributed by atoms with E-state index < -0.39 is 24.0 Å². The lowest BCUT2D eigenvalue weighted by Gasteiger charge is -2.35. The molecule has 0 aromatic carbocycles. The Balaban J connectivity index is 4.61. The lowest BCUT2D eigenvalue weighted by atomic mass is 9.77. The molecule has 0 radical (unpaired) electrons. The number of rotatable bonds is 9. The van der Waals surface area contributed by atoms with Crippen molar-refractivity contribution >= 4 is 23.7 Å². The van der Waals surface area contributed by atoms with Gasteiger partial charge >= 0.3 is 11.9 Å². The van der Waals surface area contributed by atoms with Crippen molar-refractivity contribution in [3.8, 4) is 0 Å². The predicted molar refractivity (Wildman–Crippen MR) is 85.3 cm³/mol. The van der Waals surface area contributed by atoms with Crippen LogP contribution in [0.3, 0.4) is 0 Å². The zero-order valence-corrected chi connectivity index (χ0v) is 14.2. The van der Waals surface area contributed by atoms with Crippen LogP contribution in [0.1, 0.15) is 34.6 Å². The molecule has 0 saturated carbocycles. The molecule has 0 amide bonds. The minimum atomic E-state index is -1.00. The highest BCUT2D eigenvalue weighted by Crippen LogP contribution is 2.35. The van der Waals surface area contributed by atoms with Crippen molar-refractivity contribution in [1.82, 2.24) is 0 Å². The zero-order valence-electron chi connectivity index (χ0n) is 13.4. The molecule has 0 rings (SSSR count). The lowest BCUT2D eigenvalue weighted by Crippen LogP contribution is -2.45. The molecule has 6 N–H and O–H groups in total. The van der Waals surface area contributed by atoms with E-state index in [2.05, 4.69) is 0 Å². The first-order valence-corrected chi connectivity index (χ1v) is 8.05. The summed E-state index contributed by atoms with van der Waals surface area (Å²) < 4.78 is 0. The molecule has 0 bridgehead atoms. The van der Waals surface area contributed by atoms with Gasteiger partial charge in [-0.2, -0.15) is 11.8 Å². The number of aliphatic carboxylic acids is 2. The Bertz CT molecular complexity index is 376. The Morgan fingerprint density at radius 1 is 1.05 bits per heavy atom. The summed E-state index contributed by atoms with van der Waals surface area (Å²) in [6.45, 7) is 9.53. The van der Waals surface area contributed by atoms with Gasteiger partial charge in [-0.05, 0) is 23.0 Å². The van der Waals surface area contributed by atoms with Gasteiger partial charge in [0.2, 0.25) is 0 Å². The third-order valence-electron chi connectivity index (χ3n) is 4.37. The summed E-state index contributed by atoms with van der Waals surface area (Å²) in [5.74, 6) is -1.69. The van der Waals surface area contributed by atoms with Gasteiger partial charge in [0.25, 0.3) is 0 Å². The SMILES string of the molecule is CC(SCC(C)(C)C(C)C(N)C(=O)O)C(C)C(N)C(=O)O. The Morgan fingerprint density at radius 3 is 1.86 bits per heavy atom. The normalized spacial score (nSPS) is 19.4. The number of thioether (sulfide) groups is 1. The molecule has 0 aliphatic carbocycles. The zero-order chi connectivity index (χ0) is 17.0. The highest BCUT2D eigenvalue weighted by Gasteiger charge is 2.35. The van der Waals surface area contributed by atoms with Gasteiger partial charge in [-0.15, -0.1) is 0 Å². The maximum absolute atomic E-state index is 11.0. The van der Waals surface area contributed by atoms with Crippen LogP contribution in [0.15, 0.2) is 0 Å². The van der Waals surface area contributed by atoms with E-state index in [0.717, 1.165) is 0 Å². The van der Waals surface area contributed by atoms with Gasteiger partial charge in [0.05, 0.1) is 0 Å². The molecular weight excluding hydrogens is 292 g/mol. The van der Waals surface area contributed by atoms with Gasteiger partial charge < -0.3 is 21.7 Å². The highest BCUT2D eigenvalue weighted by atomic mass is 32.2. The molecule has 0 spiro atoms. The van der Waals surface area contributed by atoms with Crippen LogP contribution in [-0.2, 0) is 9.59 Å². The molecule has 21 heavy (non-hydrogen) atoms. The second-order valence-electron chi connectivity index (χ2n) is 6.38. The van der Waals surface area contributed by atoms with E-state index in [-0.39, 0.29) is 22.5 Å². The van der Waals surface area contributed by atoms with E-state index in [1.54, 1.807) is 11.8 Å². The predicted octanol–water partition coefficient (Wildman–Crippen LogP) is 1.23. The van der Waals surface area contributed by atoms with Gasteiger partial charge in [0.1, 0.15) is 12.1 Å². The summed E-state index contributed by atoms with van der Waals surface area (Å²) in [4.78, 5) is 21.9. The third kappa shape index (κ3) is 5.84. The van der Waals surface area contributed by atoms with Crippen molar-refractivity contribution in [2.75, 3.05) is 5.75 Å². The van der Waals surface area contributed by atoms with Crippen LogP contribution in [-0.4, -0.2) is 45.2 Å². The number of hydrogen-bond donors (Lipinski definition) is 4. The smallest absolute Gasteiger partial charge is 0.320 e.